The van der Waals surface area contributed by atoms with Gasteiger partial charge in [0.1, 0.15) is 5.76 Å². The Morgan fingerprint density at radius 2 is 2.07 bits per heavy atom. The maximum atomic E-state index is 10.0. The van der Waals surface area contributed by atoms with Crippen LogP contribution in [0.15, 0.2) is 22.6 Å². The standard InChI is InChI=1S/C11H14O3/c1-11(2,3)7-6-9-4-5-10(14-9)13-8-12/h4-8H,1-3H3/b7-6+. The summed E-state index contributed by atoms with van der Waals surface area (Å²) >= 11 is 0. The van der Waals surface area contributed by atoms with E-state index in [2.05, 4.69) is 25.5 Å². The molecule has 0 aliphatic carbocycles. The van der Waals surface area contributed by atoms with Crippen molar-refractivity contribution in [3.8, 4) is 5.95 Å². The van der Waals surface area contributed by atoms with Gasteiger partial charge in [0.2, 0.25) is 0 Å². The van der Waals surface area contributed by atoms with E-state index in [9.17, 15) is 4.79 Å². The van der Waals surface area contributed by atoms with Gasteiger partial charge in [0.05, 0.1) is 0 Å². The Morgan fingerprint density at radius 3 is 2.64 bits per heavy atom. The molecule has 0 unspecified atom stereocenters. The molecule has 1 rings (SSSR count). The lowest BCUT2D eigenvalue weighted by molar-refractivity contribution is -0.121. The molecule has 0 fully saturated rings. The number of furan rings is 1. The predicted octanol–water partition coefficient (Wildman–Crippen LogP) is 2.87. The molecule has 1 aromatic rings. The van der Waals surface area contributed by atoms with E-state index in [4.69, 9.17) is 4.42 Å². The first kappa shape index (κ1) is 10.6. The van der Waals surface area contributed by atoms with Gasteiger partial charge in [-0.2, -0.15) is 0 Å². The van der Waals surface area contributed by atoms with E-state index in [1.165, 1.54) is 0 Å². The van der Waals surface area contributed by atoms with Crippen molar-refractivity contribution in [2.45, 2.75) is 20.8 Å². The second-order valence-corrected chi connectivity index (χ2v) is 4.07. The Labute approximate surface area is 83.4 Å². The molecule has 0 saturated carbocycles. The molecule has 0 radical (unpaired) electrons. The maximum absolute atomic E-state index is 10.0. The molecule has 0 atom stereocenters. The molecule has 14 heavy (non-hydrogen) atoms. The quantitative estimate of drug-likeness (QED) is 0.694. The first-order chi connectivity index (χ1) is 6.51. The fourth-order valence-electron chi connectivity index (χ4n) is 0.867. The van der Waals surface area contributed by atoms with Crippen LogP contribution in [-0.2, 0) is 4.79 Å². The van der Waals surface area contributed by atoms with Gasteiger partial charge >= 0.3 is 6.47 Å². The zero-order valence-corrected chi connectivity index (χ0v) is 8.61. The number of ether oxygens (including phenoxy) is 1. The lowest BCUT2D eigenvalue weighted by Crippen LogP contribution is -1.97. The van der Waals surface area contributed by atoms with Gasteiger partial charge in [-0.05, 0) is 17.6 Å². The number of hydrogen-bond acceptors (Lipinski definition) is 3. The minimum Gasteiger partial charge on any atom is -0.426 e. The molecule has 3 nitrogen and oxygen atoms in total. The highest BCUT2D eigenvalue weighted by atomic mass is 16.6. The molecule has 1 heterocycles. The van der Waals surface area contributed by atoms with Crippen LogP contribution < -0.4 is 4.74 Å². The van der Waals surface area contributed by atoms with Crippen molar-refractivity contribution in [3.05, 3.63) is 24.0 Å². The normalized spacial score (nSPS) is 11.9. The van der Waals surface area contributed by atoms with E-state index in [-0.39, 0.29) is 11.4 Å². The highest BCUT2D eigenvalue weighted by Gasteiger charge is 2.05. The van der Waals surface area contributed by atoms with Crippen molar-refractivity contribution in [2.75, 3.05) is 0 Å². The molecule has 0 aliphatic rings. The summed E-state index contributed by atoms with van der Waals surface area (Å²) in [6, 6.07) is 3.36. The SMILES string of the molecule is CC(C)(C)/C=C/c1ccc(OC=O)o1. The van der Waals surface area contributed by atoms with Crippen LogP contribution in [0, 0.1) is 5.41 Å². The molecular formula is C11H14O3. The van der Waals surface area contributed by atoms with Crippen LogP contribution in [0.25, 0.3) is 6.08 Å². The molecule has 0 N–H and O–H groups in total. The molecule has 0 bridgehead atoms. The molecule has 0 saturated heterocycles. The Balaban J connectivity index is 2.68. The summed E-state index contributed by atoms with van der Waals surface area (Å²) < 4.78 is 9.72. The molecule has 0 aliphatic heterocycles. The van der Waals surface area contributed by atoms with E-state index < -0.39 is 0 Å². The van der Waals surface area contributed by atoms with Gasteiger partial charge in [-0.15, -0.1) is 0 Å². The lowest BCUT2D eigenvalue weighted by atomic mass is 9.96. The van der Waals surface area contributed by atoms with Crippen molar-refractivity contribution in [3.63, 3.8) is 0 Å². The third-order valence-electron chi connectivity index (χ3n) is 1.51. The summed E-state index contributed by atoms with van der Waals surface area (Å²) in [5.74, 6) is 0.894. The second-order valence-electron chi connectivity index (χ2n) is 4.07. The highest BCUT2D eigenvalue weighted by Crippen LogP contribution is 2.20. The van der Waals surface area contributed by atoms with Crippen molar-refractivity contribution < 1.29 is 13.9 Å². The van der Waals surface area contributed by atoms with Gasteiger partial charge in [-0.1, -0.05) is 26.8 Å². The van der Waals surface area contributed by atoms with Crippen LogP contribution in [0.5, 0.6) is 5.95 Å². The number of hydrogen-bond donors (Lipinski definition) is 0. The number of allylic oxidation sites excluding steroid dienone is 1. The lowest BCUT2D eigenvalue weighted by Gasteiger charge is -2.10. The van der Waals surface area contributed by atoms with Gasteiger partial charge in [0.15, 0.2) is 0 Å². The van der Waals surface area contributed by atoms with E-state index in [0.717, 1.165) is 0 Å². The summed E-state index contributed by atoms with van der Waals surface area (Å²) in [7, 11) is 0. The predicted molar refractivity (Wildman–Crippen MR) is 53.9 cm³/mol. The zero-order chi connectivity index (χ0) is 10.6. The number of rotatable bonds is 3. The first-order valence-electron chi connectivity index (χ1n) is 4.41. The van der Waals surface area contributed by atoms with E-state index in [0.29, 0.717) is 12.2 Å². The molecule has 1 aromatic heterocycles. The first-order valence-corrected chi connectivity index (χ1v) is 4.41. The third kappa shape index (κ3) is 3.47. The molecule has 76 valence electrons. The second kappa shape index (κ2) is 4.13. The number of carbonyl (C=O) groups excluding carboxylic acids is 1. The van der Waals surface area contributed by atoms with Crippen LogP contribution in [0.1, 0.15) is 26.5 Å². The van der Waals surface area contributed by atoms with Gasteiger partial charge < -0.3 is 9.15 Å². The minimum atomic E-state index is 0.110. The summed E-state index contributed by atoms with van der Waals surface area (Å²) in [5.41, 5.74) is 0.110. The van der Waals surface area contributed by atoms with E-state index in [1.807, 2.05) is 12.2 Å². The van der Waals surface area contributed by atoms with Crippen molar-refractivity contribution in [1.29, 1.82) is 0 Å². The van der Waals surface area contributed by atoms with Crippen LogP contribution >= 0.6 is 0 Å². The van der Waals surface area contributed by atoms with Crippen LogP contribution in [0.3, 0.4) is 0 Å². The van der Waals surface area contributed by atoms with Crippen LogP contribution in [0.4, 0.5) is 0 Å². The van der Waals surface area contributed by atoms with Gasteiger partial charge in [-0.25, -0.2) is 0 Å². The van der Waals surface area contributed by atoms with Gasteiger partial charge in [-0.3, -0.25) is 4.79 Å². The monoisotopic (exact) mass is 194 g/mol. The average Bonchev–Trinajstić information content (AvgIpc) is 2.49. The topological polar surface area (TPSA) is 39.4 Å². The highest BCUT2D eigenvalue weighted by molar-refractivity contribution is 5.47. The summed E-state index contributed by atoms with van der Waals surface area (Å²) in [6.45, 7) is 6.62. The number of carbonyl (C=O) groups is 1. The van der Waals surface area contributed by atoms with Gasteiger partial charge in [0, 0.05) is 6.07 Å². The molecular weight excluding hydrogens is 180 g/mol. The Morgan fingerprint density at radius 1 is 1.36 bits per heavy atom. The zero-order valence-electron chi connectivity index (χ0n) is 8.61. The largest absolute Gasteiger partial charge is 0.426 e. The Hall–Kier alpha value is -1.51. The molecule has 0 spiro atoms. The van der Waals surface area contributed by atoms with E-state index in [1.54, 1.807) is 12.1 Å². The van der Waals surface area contributed by atoms with Crippen molar-refractivity contribution in [1.82, 2.24) is 0 Å². The summed E-state index contributed by atoms with van der Waals surface area (Å²) in [6.07, 6.45) is 3.88. The summed E-state index contributed by atoms with van der Waals surface area (Å²) in [4.78, 5) is 10.0. The maximum Gasteiger partial charge on any atom is 0.300 e. The molecule has 0 aromatic carbocycles. The molecule has 0 amide bonds. The van der Waals surface area contributed by atoms with Crippen molar-refractivity contribution >= 4 is 12.5 Å². The minimum absolute atomic E-state index is 0.110. The van der Waals surface area contributed by atoms with Crippen LogP contribution in [0.2, 0.25) is 0 Å². The average molecular weight is 194 g/mol. The van der Waals surface area contributed by atoms with Crippen molar-refractivity contribution in [2.24, 2.45) is 5.41 Å². The van der Waals surface area contributed by atoms with Crippen LogP contribution in [-0.4, -0.2) is 6.47 Å². The molecule has 3 heteroatoms. The Bertz CT molecular complexity index is 329. The third-order valence-corrected chi connectivity index (χ3v) is 1.51. The Kier molecular flexibility index (Phi) is 3.12. The summed E-state index contributed by atoms with van der Waals surface area (Å²) in [5, 5.41) is 0. The fourth-order valence-corrected chi connectivity index (χ4v) is 0.867. The van der Waals surface area contributed by atoms with E-state index >= 15 is 0 Å². The smallest absolute Gasteiger partial charge is 0.300 e. The fraction of sp³-hybridized carbons (Fsp3) is 0.364. The van der Waals surface area contributed by atoms with Gasteiger partial charge in [0.25, 0.3) is 5.95 Å².